The fraction of sp³-hybridized carbons (Fsp3) is 0.409. The minimum Gasteiger partial charge on any atom is -0.454 e. The number of morpholine rings is 1. The molecule has 1 aliphatic heterocycles. The Balaban J connectivity index is 1.47. The third kappa shape index (κ3) is 4.08. The number of benzene rings is 2. The van der Waals surface area contributed by atoms with Gasteiger partial charge in [0.2, 0.25) is 10.0 Å². The highest BCUT2D eigenvalue weighted by Crippen LogP contribution is 2.34. The Morgan fingerprint density at radius 2 is 1.69 bits per heavy atom. The monoisotopic (exact) mass is 415 g/mol. The van der Waals surface area contributed by atoms with Crippen molar-refractivity contribution in [1.82, 2.24) is 4.31 Å². The van der Waals surface area contributed by atoms with Gasteiger partial charge in [0.15, 0.2) is 0 Å². The molecule has 29 heavy (non-hydrogen) atoms. The molecule has 6 nitrogen and oxygen atoms in total. The summed E-state index contributed by atoms with van der Waals surface area (Å²) in [6.45, 7) is 4.35. The van der Waals surface area contributed by atoms with E-state index >= 15 is 0 Å². The van der Waals surface area contributed by atoms with Crippen molar-refractivity contribution in [2.24, 2.45) is 0 Å². The van der Waals surface area contributed by atoms with E-state index in [9.17, 15) is 13.2 Å². The average Bonchev–Trinajstić information content (AvgIpc) is 3.10. The smallest absolute Gasteiger partial charge is 0.338 e. The lowest BCUT2D eigenvalue weighted by Crippen LogP contribution is -2.48. The molecule has 2 aromatic carbocycles. The zero-order valence-corrected chi connectivity index (χ0v) is 17.4. The van der Waals surface area contributed by atoms with Crippen LogP contribution in [0.2, 0.25) is 0 Å². The number of aryl methyl sites for hydroxylation is 1. The van der Waals surface area contributed by atoms with E-state index in [-0.39, 0.29) is 23.2 Å². The predicted octanol–water partition coefficient (Wildman–Crippen LogP) is 3.33. The van der Waals surface area contributed by atoms with E-state index in [4.69, 9.17) is 9.47 Å². The second kappa shape index (κ2) is 7.89. The van der Waals surface area contributed by atoms with Gasteiger partial charge >= 0.3 is 5.97 Å². The lowest BCUT2D eigenvalue weighted by molar-refractivity contribution is -0.0440. The molecule has 2 aliphatic rings. The summed E-state index contributed by atoms with van der Waals surface area (Å²) in [6.07, 6.45) is 1.10. The maximum Gasteiger partial charge on any atom is 0.338 e. The fourth-order valence-electron chi connectivity index (χ4n) is 4.08. The number of nitrogens with zero attached hydrogens (tertiary/aromatic N) is 1. The Kier molecular flexibility index (Phi) is 5.46. The van der Waals surface area contributed by atoms with E-state index in [1.165, 1.54) is 34.1 Å². The second-order valence-electron chi connectivity index (χ2n) is 7.74. The van der Waals surface area contributed by atoms with Crippen molar-refractivity contribution in [3.63, 3.8) is 0 Å². The van der Waals surface area contributed by atoms with Gasteiger partial charge in [0.25, 0.3) is 0 Å². The molecule has 0 amide bonds. The number of hydrogen-bond donors (Lipinski definition) is 0. The SMILES string of the molecule is C[C@@H]1CN(S(=O)(=O)c2ccc(C(=O)O[C@@H]3CCc4ccccc43)cc2)C[C@@H](C)O1. The van der Waals surface area contributed by atoms with E-state index in [1.807, 2.05) is 32.0 Å². The summed E-state index contributed by atoms with van der Waals surface area (Å²) in [7, 11) is -3.63. The Bertz CT molecular complexity index is 992. The lowest BCUT2D eigenvalue weighted by Gasteiger charge is -2.34. The number of fused-ring (bicyclic) bond motifs is 1. The van der Waals surface area contributed by atoms with Crippen LogP contribution < -0.4 is 0 Å². The van der Waals surface area contributed by atoms with Crippen LogP contribution in [0.25, 0.3) is 0 Å². The Hall–Kier alpha value is -2.22. The van der Waals surface area contributed by atoms with Crippen LogP contribution in [0.1, 0.15) is 47.9 Å². The van der Waals surface area contributed by atoms with Gasteiger partial charge in [0.05, 0.1) is 22.7 Å². The normalized spacial score (nSPS) is 24.8. The molecule has 1 aliphatic carbocycles. The van der Waals surface area contributed by atoms with E-state index < -0.39 is 16.0 Å². The van der Waals surface area contributed by atoms with E-state index in [1.54, 1.807) is 0 Å². The maximum atomic E-state index is 12.9. The largest absolute Gasteiger partial charge is 0.454 e. The van der Waals surface area contributed by atoms with Crippen molar-refractivity contribution in [2.45, 2.75) is 49.9 Å². The average molecular weight is 416 g/mol. The first-order chi connectivity index (χ1) is 13.8. The van der Waals surface area contributed by atoms with Crippen molar-refractivity contribution in [1.29, 1.82) is 0 Å². The van der Waals surface area contributed by atoms with Gasteiger partial charge in [-0.15, -0.1) is 0 Å². The highest BCUT2D eigenvalue weighted by Gasteiger charge is 2.32. The Labute approximate surface area is 171 Å². The molecule has 154 valence electrons. The number of sulfonamides is 1. The Morgan fingerprint density at radius 3 is 2.38 bits per heavy atom. The van der Waals surface area contributed by atoms with Crippen LogP contribution in [0.3, 0.4) is 0 Å². The van der Waals surface area contributed by atoms with Gasteiger partial charge in [0.1, 0.15) is 6.10 Å². The third-order valence-electron chi connectivity index (χ3n) is 5.44. The molecule has 0 N–H and O–H groups in total. The van der Waals surface area contributed by atoms with Gasteiger partial charge in [-0.05, 0) is 62.1 Å². The molecular weight excluding hydrogens is 390 g/mol. The molecule has 2 aromatic rings. The maximum absolute atomic E-state index is 12.9. The zero-order chi connectivity index (χ0) is 20.6. The topological polar surface area (TPSA) is 72.9 Å². The number of ether oxygens (including phenoxy) is 2. The first-order valence-electron chi connectivity index (χ1n) is 9.89. The van der Waals surface area contributed by atoms with Crippen molar-refractivity contribution < 1.29 is 22.7 Å². The minimum absolute atomic E-state index is 0.155. The van der Waals surface area contributed by atoms with Crippen LogP contribution in [0.5, 0.6) is 0 Å². The fourth-order valence-corrected chi connectivity index (χ4v) is 5.67. The van der Waals surface area contributed by atoms with Gasteiger partial charge < -0.3 is 9.47 Å². The quantitative estimate of drug-likeness (QED) is 0.716. The van der Waals surface area contributed by atoms with Gasteiger partial charge in [-0.3, -0.25) is 0 Å². The summed E-state index contributed by atoms with van der Waals surface area (Å²) in [5.74, 6) is -0.440. The number of carbonyl (C=O) groups excluding carboxylic acids is 1. The molecule has 1 heterocycles. The highest BCUT2D eigenvalue weighted by molar-refractivity contribution is 7.89. The van der Waals surface area contributed by atoms with Crippen molar-refractivity contribution in [3.8, 4) is 0 Å². The molecule has 7 heteroatoms. The molecule has 3 atom stereocenters. The van der Waals surface area contributed by atoms with Gasteiger partial charge in [-0.2, -0.15) is 4.31 Å². The molecule has 0 aromatic heterocycles. The minimum atomic E-state index is -3.63. The number of rotatable bonds is 4. The molecule has 0 spiro atoms. The number of esters is 1. The van der Waals surface area contributed by atoms with E-state index in [2.05, 4.69) is 6.07 Å². The van der Waals surface area contributed by atoms with Gasteiger partial charge in [0, 0.05) is 13.1 Å². The van der Waals surface area contributed by atoms with Crippen LogP contribution in [0, 0.1) is 0 Å². The molecule has 4 rings (SSSR count). The predicted molar refractivity (Wildman–Crippen MR) is 108 cm³/mol. The standard InChI is InChI=1S/C22H25NO5S/c1-15-13-23(14-16(2)27-15)29(25,26)19-10-7-18(8-11-19)22(24)28-21-12-9-17-5-3-4-6-20(17)21/h3-8,10-11,15-16,21H,9,12-14H2,1-2H3/t15-,16-,21-/m1/s1. The van der Waals surface area contributed by atoms with Crippen molar-refractivity contribution >= 4 is 16.0 Å². The van der Waals surface area contributed by atoms with Crippen LogP contribution in [-0.4, -0.2) is 44.0 Å². The molecule has 0 unspecified atom stereocenters. The highest BCUT2D eigenvalue weighted by atomic mass is 32.2. The molecule has 0 saturated carbocycles. The molecule has 1 fully saturated rings. The lowest BCUT2D eigenvalue weighted by atomic mass is 10.1. The first kappa shape index (κ1) is 20.1. The first-order valence-corrected chi connectivity index (χ1v) is 11.3. The zero-order valence-electron chi connectivity index (χ0n) is 16.6. The van der Waals surface area contributed by atoms with Gasteiger partial charge in [-0.1, -0.05) is 24.3 Å². The molecule has 0 bridgehead atoms. The van der Waals surface area contributed by atoms with Crippen LogP contribution >= 0.6 is 0 Å². The summed E-state index contributed by atoms with van der Waals surface area (Å²) in [4.78, 5) is 12.7. The van der Waals surface area contributed by atoms with Gasteiger partial charge in [-0.25, -0.2) is 13.2 Å². The molecule has 1 saturated heterocycles. The summed E-state index contributed by atoms with van der Waals surface area (Å²) >= 11 is 0. The van der Waals surface area contributed by atoms with E-state index in [0.29, 0.717) is 18.7 Å². The summed E-state index contributed by atoms with van der Waals surface area (Å²) < 4.78 is 38.6. The van der Waals surface area contributed by atoms with Crippen molar-refractivity contribution in [2.75, 3.05) is 13.1 Å². The number of carbonyl (C=O) groups is 1. The Morgan fingerprint density at radius 1 is 1.03 bits per heavy atom. The van der Waals surface area contributed by atoms with E-state index in [0.717, 1.165) is 18.4 Å². The van der Waals surface area contributed by atoms with Crippen LogP contribution in [0.15, 0.2) is 53.4 Å². The molecular formula is C22H25NO5S. The van der Waals surface area contributed by atoms with Crippen LogP contribution in [0.4, 0.5) is 0 Å². The van der Waals surface area contributed by atoms with Crippen molar-refractivity contribution in [3.05, 3.63) is 65.2 Å². The third-order valence-corrected chi connectivity index (χ3v) is 7.29. The number of hydrogen-bond acceptors (Lipinski definition) is 5. The second-order valence-corrected chi connectivity index (χ2v) is 9.67. The summed E-state index contributed by atoms with van der Waals surface area (Å²) in [5.41, 5.74) is 2.60. The summed E-state index contributed by atoms with van der Waals surface area (Å²) in [6, 6.07) is 13.9. The summed E-state index contributed by atoms with van der Waals surface area (Å²) in [5, 5.41) is 0. The molecule has 0 radical (unpaired) electrons. The van der Waals surface area contributed by atoms with Crippen LogP contribution in [-0.2, 0) is 25.9 Å².